The van der Waals surface area contributed by atoms with Crippen LogP contribution in [-0.2, 0) is 6.42 Å². The topological polar surface area (TPSA) is 108 Å². The molecule has 3 heterocycles. The van der Waals surface area contributed by atoms with Crippen molar-refractivity contribution in [1.82, 2.24) is 20.3 Å². The Hall–Kier alpha value is -3.85. The van der Waals surface area contributed by atoms with E-state index in [1.165, 1.54) is 18.9 Å². The number of aromatic nitrogens is 2. The highest BCUT2D eigenvalue weighted by molar-refractivity contribution is 6.09. The third-order valence-corrected chi connectivity index (χ3v) is 6.37. The van der Waals surface area contributed by atoms with Crippen LogP contribution in [0.2, 0.25) is 0 Å². The first-order valence-corrected chi connectivity index (χ1v) is 11.4. The zero-order valence-electron chi connectivity index (χ0n) is 19.3. The normalized spacial score (nSPS) is 14.0. The second-order valence-corrected chi connectivity index (χ2v) is 8.64. The number of methoxy groups -OCH3 is 1. The van der Waals surface area contributed by atoms with Gasteiger partial charge < -0.3 is 9.84 Å². The average Bonchev–Trinajstić information content (AvgIpc) is 2.89. The van der Waals surface area contributed by atoms with Gasteiger partial charge in [-0.2, -0.15) is 0 Å². The molecule has 5 rings (SSSR count). The van der Waals surface area contributed by atoms with Crippen molar-refractivity contribution in [3.8, 4) is 28.1 Å². The van der Waals surface area contributed by atoms with E-state index < -0.39 is 5.91 Å². The molecule has 0 unspecified atom stereocenters. The van der Waals surface area contributed by atoms with Gasteiger partial charge in [0.05, 0.1) is 24.3 Å². The molecule has 1 aliphatic rings. The lowest BCUT2D eigenvalue weighted by molar-refractivity contribution is 0.00310. The maximum absolute atomic E-state index is 12.5. The standard InChI is InChI=1S/C27H26N4O4/c1-35-26-24(27(33)30-34)22-14-28-12-10-23(22)29-25(26)20-8-6-19(7-9-20)18-4-2-17(3-5-18)11-13-31-15-21(32)16-31/h2-10,12,14,21,32,34H,11,13,15-16H2,1H3,(H,30,33). The van der Waals surface area contributed by atoms with Gasteiger partial charge in [-0.25, -0.2) is 10.5 Å². The fourth-order valence-electron chi connectivity index (χ4n) is 4.46. The molecule has 1 fully saturated rings. The zero-order valence-corrected chi connectivity index (χ0v) is 19.3. The quantitative estimate of drug-likeness (QED) is 0.281. The molecule has 35 heavy (non-hydrogen) atoms. The van der Waals surface area contributed by atoms with Crippen molar-refractivity contribution in [3.05, 3.63) is 78.1 Å². The van der Waals surface area contributed by atoms with Crippen molar-refractivity contribution < 1.29 is 19.8 Å². The summed E-state index contributed by atoms with van der Waals surface area (Å²) in [5.41, 5.74) is 7.15. The fraction of sp³-hybridized carbons (Fsp3) is 0.222. The summed E-state index contributed by atoms with van der Waals surface area (Å²) in [5.74, 6) is -0.422. The third-order valence-electron chi connectivity index (χ3n) is 6.37. The highest BCUT2D eigenvalue weighted by Crippen LogP contribution is 2.36. The Morgan fingerprint density at radius 2 is 1.71 bits per heavy atom. The van der Waals surface area contributed by atoms with Crippen LogP contribution < -0.4 is 10.2 Å². The van der Waals surface area contributed by atoms with E-state index in [1.54, 1.807) is 17.7 Å². The highest BCUT2D eigenvalue weighted by atomic mass is 16.5. The van der Waals surface area contributed by atoms with Crippen LogP contribution >= 0.6 is 0 Å². The Bertz CT molecular complexity index is 1350. The van der Waals surface area contributed by atoms with Gasteiger partial charge in [0.25, 0.3) is 5.91 Å². The highest BCUT2D eigenvalue weighted by Gasteiger charge is 2.24. The third kappa shape index (κ3) is 4.59. The van der Waals surface area contributed by atoms with Crippen molar-refractivity contribution in [2.45, 2.75) is 12.5 Å². The van der Waals surface area contributed by atoms with Crippen molar-refractivity contribution in [3.63, 3.8) is 0 Å². The number of aliphatic hydroxyl groups is 1. The molecule has 8 nitrogen and oxygen atoms in total. The minimum atomic E-state index is -0.689. The van der Waals surface area contributed by atoms with Crippen molar-refractivity contribution in [1.29, 1.82) is 0 Å². The van der Waals surface area contributed by atoms with Gasteiger partial charge in [0.1, 0.15) is 5.69 Å². The lowest BCUT2D eigenvalue weighted by Gasteiger charge is -2.35. The summed E-state index contributed by atoms with van der Waals surface area (Å²) in [4.78, 5) is 23.5. The summed E-state index contributed by atoms with van der Waals surface area (Å²) in [6.45, 7) is 2.49. The van der Waals surface area contributed by atoms with E-state index in [2.05, 4.69) is 34.1 Å². The minimum absolute atomic E-state index is 0.166. The van der Waals surface area contributed by atoms with Gasteiger partial charge >= 0.3 is 0 Å². The molecule has 2 aromatic heterocycles. The van der Waals surface area contributed by atoms with Crippen LogP contribution in [0.5, 0.6) is 5.75 Å². The number of likely N-dealkylation sites (tertiary alicyclic amines) is 1. The Kier molecular flexibility index (Phi) is 6.41. The summed E-state index contributed by atoms with van der Waals surface area (Å²) >= 11 is 0. The van der Waals surface area contributed by atoms with E-state index in [-0.39, 0.29) is 17.4 Å². The number of β-amino-alcohol motifs (C(OH)–C–C–N with tert-alkyl or cyclic N) is 1. The number of ether oxygens (including phenoxy) is 1. The number of amides is 1. The van der Waals surface area contributed by atoms with Crippen LogP contribution in [0.1, 0.15) is 15.9 Å². The molecule has 0 atom stereocenters. The van der Waals surface area contributed by atoms with Crippen LogP contribution in [0.15, 0.2) is 67.0 Å². The summed E-state index contributed by atoms with van der Waals surface area (Å²) < 4.78 is 5.57. The molecule has 8 heteroatoms. The predicted octanol–water partition coefficient (Wildman–Crippen LogP) is 3.31. The molecule has 1 amide bonds. The van der Waals surface area contributed by atoms with Gasteiger partial charge in [0.15, 0.2) is 5.75 Å². The first-order valence-electron chi connectivity index (χ1n) is 11.4. The van der Waals surface area contributed by atoms with Crippen molar-refractivity contribution in [2.75, 3.05) is 26.7 Å². The minimum Gasteiger partial charge on any atom is -0.494 e. The van der Waals surface area contributed by atoms with Gasteiger partial charge in [-0.15, -0.1) is 0 Å². The second-order valence-electron chi connectivity index (χ2n) is 8.64. The Labute approximate surface area is 202 Å². The Balaban J connectivity index is 1.41. The summed E-state index contributed by atoms with van der Waals surface area (Å²) in [7, 11) is 1.47. The van der Waals surface area contributed by atoms with Crippen molar-refractivity contribution >= 4 is 16.8 Å². The number of fused-ring (bicyclic) bond motifs is 1. The molecule has 3 N–H and O–H groups in total. The summed E-state index contributed by atoms with van der Waals surface area (Å²) in [6.07, 6.45) is 3.92. The maximum Gasteiger partial charge on any atom is 0.279 e. The van der Waals surface area contributed by atoms with E-state index in [4.69, 9.17) is 9.72 Å². The van der Waals surface area contributed by atoms with Crippen LogP contribution in [0.4, 0.5) is 0 Å². The smallest absolute Gasteiger partial charge is 0.279 e. The van der Waals surface area contributed by atoms with Gasteiger partial charge in [-0.1, -0.05) is 48.5 Å². The number of rotatable bonds is 7. The lowest BCUT2D eigenvalue weighted by atomic mass is 9.99. The largest absolute Gasteiger partial charge is 0.494 e. The molecule has 0 bridgehead atoms. The van der Waals surface area contributed by atoms with Gasteiger partial charge in [0.2, 0.25) is 0 Å². The van der Waals surface area contributed by atoms with E-state index in [9.17, 15) is 15.1 Å². The maximum atomic E-state index is 12.5. The van der Waals surface area contributed by atoms with E-state index in [0.29, 0.717) is 16.6 Å². The average molecular weight is 471 g/mol. The van der Waals surface area contributed by atoms with Crippen LogP contribution in [0, 0.1) is 0 Å². The number of carbonyl (C=O) groups is 1. The van der Waals surface area contributed by atoms with E-state index >= 15 is 0 Å². The van der Waals surface area contributed by atoms with Crippen molar-refractivity contribution in [2.24, 2.45) is 0 Å². The fourth-order valence-corrected chi connectivity index (χ4v) is 4.46. The number of hydrogen-bond acceptors (Lipinski definition) is 7. The number of carbonyl (C=O) groups excluding carboxylic acids is 1. The van der Waals surface area contributed by atoms with E-state index in [0.717, 1.165) is 42.7 Å². The molecular formula is C27H26N4O4. The van der Waals surface area contributed by atoms with Crippen LogP contribution in [0.3, 0.4) is 0 Å². The zero-order chi connectivity index (χ0) is 24.4. The lowest BCUT2D eigenvalue weighted by Crippen LogP contribution is -2.51. The molecule has 1 aliphatic heterocycles. The first-order chi connectivity index (χ1) is 17.1. The van der Waals surface area contributed by atoms with Gasteiger partial charge in [-0.05, 0) is 29.2 Å². The predicted molar refractivity (Wildman–Crippen MR) is 132 cm³/mol. The number of benzene rings is 2. The molecule has 0 spiro atoms. The summed E-state index contributed by atoms with van der Waals surface area (Å²) in [6, 6.07) is 18.1. The van der Waals surface area contributed by atoms with Gasteiger partial charge in [0, 0.05) is 43.0 Å². The SMILES string of the molecule is COc1c(-c2ccc(-c3ccc(CCN4CC(O)C4)cc3)cc2)nc2ccncc2c1C(=O)NO. The Morgan fingerprint density at radius 1 is 1.06 bits per heavy atom. The monoisotopic (exact) mass is 470 g/mol. The number of nitrogens with zero attached hydrogens (tertiary/aromatic N) is 3. The number of pyridine rings is 2. The van der Waals surface area contributed by atoms with Gasteiger partial charge in [-0.3, -0.25) is 19.9 Å². The van der Waals surface area contributed by atoms with Crippen LogP contribution in [-0.4, -0.2) is 63.9 Å². The Morgan fingerprint density at radius 3 is 2.34 bits per heavy atom. The molecule has 1 saturated heterocycles. The molecule has 0 saturated carbocycles. The molecule has 4 aromatic rings. The number of hydrogen-bond donors (Lipinski definition) is 3. The van der Waals surface area contributed by atoms with E-state index in [1.807, 2.05) is 24.3 Å². The first kappa shape index (κ1) is 22.9. The molecule has 2 aromatic carbocycles. The molecule has 178 valence electrons. The number of hydroxylamine groups is 1. The second kappa shape index (κ2) is 9.79. The molecular weight excluding hydrogens is 444 g/mol. The molecule has 0 aliphatic carbocycles. The molecule has 0 radical (unpaired) electrons. The number of nitrogens with one attached hydrogen (secondary N) is 1. The number of aliphatic hydroxyl groups excluding tert-OH is 1. The summed E-state index contributed by atoms with van der Waals surface area (Å²) in [5, 5.41) is 19.2. The van der Waals surface area contributed by atoms with Crippen LogP contribution in [0.25, 0.3) is 33.3 Å².